The van der Waals surface area contributed by atoms with Crippen LogP contribution in [0.2, 0.25) is 0 Å². The van der Waals surface area contributed by atoms with Gasteiger partial charge in [0.05, 0.1) is 0 Å². The molecule has 0 radical (unpaired) electrons. The lowest BCUT2D eigenvalue weighted by Crippen LogP contribution is -2.40. The van der Waals surface area contributed by atoms with Crippen molar-refractivity contribution >= 4 is 0 Å². The summed E-state index contributed by atoms with van der Waals surface area (Å²) in [4.78, 5) is 0. The van der Waals surface area contributed by atoms with E-state index in [1.165, 1.54) is 5.56 Å². The third kappa shape index (κ3) is 1.66. The molecule has 0 bridgehead atoms. The molecule has 0 aromatic heterocycles. The Hall–Kier alpha value is -1.18. The zero-order valence-corrected chi connectivity index (χ0v) is 10.7. The molecule has 1 heterocycles. The predicted molar refractivity (Wildman–Crippen MR) is 65.0 cm³/mol. The Morgan fingerprint density at radius 1 is 1.06 bits per heavy atom. The Labute approximate surface area is 97.6 Å². The highest BCUT2D eigenvalue weighted by Crippen LogP contribution is 2.46. The van der Waals surface area contributed by atoms with Crippen molar-refractivity contribution in [3.8, 4) is 11.5 Å². The van der Waals surface area contributed by atoms with Crippen molar-refractivity contribution in [3.63, 3.8) is 0 Å². The summed E-state index contributed by atoms with van der Waals surface area (Å²) in [6, 6.07) is 6.12. The minimum absolute atomic E-state index is 0.319. The quantitative estimate of drug-likeness (QED) is 0.751. The molecule has 0 saturated heterocycles. The highest BCUT2D eigenvalue weighted by molar-refractivity contribution is 5.50. The van der Waals surface area contributed by atoms with E-state index in [0.29, 0.717) is 11.8 Å². The standard InChI is InChI=1S/C14H20O2/c1-9(2)11-7-6-8-12-13(11)16-14(5,15-12)10(3)4/h6-10H,1-5H3/t14-/m1/s1. The molecular formula is C14H20O2. The van der Waals surface area contributed by atoms with E-state index in [1.54, 1.807) is 0 Å². The monoisotopic (exact) mass is 220 g/mol. The van der Waals surface area contributed by atoms with E-state index < -0.39 is 5.79 Å². The number of hydrogen-bond donors (Lipinski definition) is 0. The van der Waals surface area contributed by atoms with E-state index in [2.05, 4.69) is 33.8 Å². The van der Waals surface area contributed by atoms with E-state index >= 15 is 0 Å². The summed E-state index contributed by atoms with van der Waals surface area (Å²) >= 11 is 0. The summed E-state index contributed by atoms with van der Waals surface area (Å²) in [6.07, 6.45) is 0. The fourth-order valence-corrected chi connectivity index (χ4v) is 1.85. The molecule has 2 nitrogen and oxygen atoms in total. The van der Waals surface area contributed by atoms with Crippen molar-refractivity contribution in [2.45, 2.75) is 46.3 Å². The normalized spacial score (nSPS) is 23.2. The molecule has 1 aliphatic rings. The third-order valence-electron chi connectivity index (χ3n) is 3.30. The molecule has 0 spiro atoms. The van der Waals surface area contributed by atoms with Crippen LogP contribution in [-0.2, 0) is 0 Å². The second-order valence-electron chi connectivity index (χ2n) is 5.20. The molecule has 1 atom stereocenters. The maximum Gasteiger partial charge on any atom is 0.251 e. The summed E-state index contributed by atoms with van der Waals surface area (Å²) in [5.41, 5.74) is 1.22. The zero-order valence-electron chi connectivity index (χ0n) is 10.7. The molecule has 0 amide bonds. The Morgan fingerprint density at radius 3 is 2.31 bits per heavy atom. The maximum absolute atomic E-state index is 6.03. The third-order valence-corrected chi connectivity index (χ3v) is 3.30. The lowest BCUT2D eigenvalue weighted by Gasteiger charge is -2.27. The molecule has 0 aliphatic carbocycles. The van der Waals surface area contributed by atoms with Gasteiger partial charge in [-0.05, 0) is 12.0 Å². The summed E-state index contributed by atoms with van der Waals surface area (Å²) in [6.45, 7) is 10.6. The average molecular weight is 220 g/mol. The van der Waals surface area contributed by atoms with Gasteiger partial charge in [0, 0.05) is 18.4 Å². The van der Waals surface area contributed by atoms with Crippen LogP contribution >= 0.6 is 0 Å². The fourth-order valence-electron chi connectivity index (χ4n) is 1.85. The summed E-state index contributed by atoms with van der Waals surface area (Å²) < 4.78 is 12.0. The van der Waals surface area contributed by atoms with Gasteiger partial charge in [0.2, 0.25) is 0 Å². The van der Waals surface area contributed by atoms with Crippen LogP contribution in [0.5, 0.6) is 11.5 Å². The largest absolute Gasteiger partial charge is 0.448 e. The second kappa shape index (κ2) is 3.69. The van der Waals surface area contributed by atoms with Crippen LogP contribution in [0.4, 0.5) is 0 Å². The Kier molecular flexibility index (Phi) is 2.61. The van der Waals surface area contributed by atoms with Crippen LogP contribution in [0.3, 0.4) is 0 Å². The molecule has 2 heteroatoms. The average Bonchev–Trinajstić information content (AvgIpc) is 2.54. The van der Waals surface area contributed by atoms with Crippen LogP contribution in [0.15, 0.2) is 18.2 Å². The van der Waals surface area contributed by atoms with Crippen LogP contribution < -0.4 is 9.47 Å². The first-order chi connectivity index (χ1) is 7.44. The summed E-state index contributed by atoms with van der Waals surface area (Å²) in [5, 5.41) is 0. The van der Waals surface area contributed by atoms with Gasteiger partial charge in [-0.25, -0.2) is 0 Å². The molecule has 0 saturated carbocycles. The Bertz CT molecular complexity index is 396. The number of benzene rings is 1. The summed E-state index contributed by atoms with van der Waals surface area (Å²) in [5.74, 6) is 2.05. The lowest BCUT2D eigenvalue weighted by atomic mass is 10.0. The van der Waals surface area contributed by atoms with Crippen molar-refractivity contribution in [1.29, 1.82) is 0 Å². The van der Waals surface area contributed by atoms with E-state index in [-0.39, 0.29) is 0 Å². The van der Waals surface area contributed by atoms with E-state index in [1.807, 2.05) is 19.1 Å². The number of para-hydroxylation sites is 1. The SMILES string of the molecule is CC(C)c1cccc2c1O[C@](C)(C(C)C)O2. The molecular weight excluding hydrogens is 200 g/mol. The minimum Gasteiger partial charge on any atom is -0.448 e. The van der Waals surface area contributed by atoms with Gasteiger partial charge in [-0.1, -0.05) is 39.8 Å². The highest BCUT2D eigenvalue weighted by Gasteiger charge is 2.41. The topological polar surface area (TPSA) is 18.5 Å². The molecule has 0 N–H and O–H groups in total. The number of rotatable bonds is 2. The van der Waals surface area contributed by atoms with Gasteiger partial charge < -0.3 is 9.47 Å². The van der Waals surface area contributed by atoms with Crippen LogP contribution in [-0.4, -0.2) is 5.79 Å². The van der Waals surface area contributed by atoms with Crippen molar-refractivity contribution < 1.29 is 9.47 Å². The molecule has 88 valence electrons. The van der Waals surface area contributed by atoms with E-state index in [4.69, 9.17) is 9.47 Å². The first-order valence-corrected chi connectivity index (χ1v) is 5.95. The smallest absolute Gasteiger partial charge is 0.251 e. The van der Waals surface area contributed by atoms with Crippen LogP contribution in [0.1, 0.15) is 46.1 Å². The van der Waals surface area contributed by atoms with Gasteiger partial charge in [0.25, 0.3) is 5.79 Å². The van der Waals surface area contributed by atoms with Gasteiger partial charge in [0.1, 0.15) is 0 Å². The summed E-state index contributed by atoms with van der Waals surface area (Å²) in [7, 11) is 0. The van der Waals surface area contributed by atoms with Gasteiger partial charge >= 0.3 is 0 Å². The van der Waals surface area contributed by atoms with Gasteiger partial charge in [-0.3, -0.25) is 0 Å². The first kappa shape index (κ1) is 11.3. The minimum atomic E-state index is -0.521. The molecule has 16 heavy (non-hydrogen) atoms. The maximum atomic E-state index is 6.03. The molecule has 1 aromatic carbocycles. The number of hydrogen-bond acceptors (Lipinski definition) is 2. The van der Waals surface area contributed by atoms with Gasteiger partial charge in [0.15, 0.2) is 11.5 Å². The van der Waals surface area contributed by atoms with Crippen molar-refractivity contribution in [2.75, 3.05) is 0 Å². The van der Waals surface area contributed by atoms with Crippen LogP contribution in [0.25, 0.3) is 0 Å². The van der Waals surface area contributed by atoms with E-state index in [9.17, 15) is 0 Å². The molecule has 1 aliphatic heterocycles. The zero-order chi connectivity index (χ0) is 11.9. The molecule has 0 fully saturated rings. The Balaban J connectivity index is 2.41. The molecule has 1 aromatic rings. The van der Waals surface area contributed by atoms with Gasteiger partial charge in [-0.2, -0.15) is 0 Å². The van der Waals surface area contributed by atoms with E-state index in [0.717, 1.165) is 11.5 Å². The van der Waals surface area contributed by atoms with Crippen LogP contribution in [0, 0.1) is 5.92 Å². The number of fused-ring (bicyclic) bond motifs is 1. The highest BCUT2D eigenvalue weighted by atomic mass is 16.7. The predicted octanol–water partition coefficient (Wildman–Crippen LogP) is 3.95. The molecule has 2 rings (SSSR count). The second-order valence-corrected chi connectivity index (χ2v) is 5.20. The Morgan fingerprint density at radius 2 is 1.75 bits per heavy atom. The molecule has 0 unspecified atom stereocenters. The number of ether oxygens (including phenoxy) is 2. The van der Waals surface area contributed by atoms with Crippen molar-refractivity contribution in [2.24, 2.45) is 5.92 Å². The lowest BCUT2D eigenvalue weighted by molar-refractivity contribution is -0.0993. The van der Waals surface area contributed by atoms with Crippen molar-refractivity contribution in [1.82, 2.24) is 0 Å². The van der Waals surface area contributed by atoms with Gasteiger partial charge in [-0.15, -0.1) is 0 Å². The van der Waals surface area contributed by atoms with Crippen molar-refractivity contribution in [3.05, 3.63) is 23.8 Å². The fraction of sp³-hybridized carbons (Fsp3) is 0.571. The first-order valence-electron chi connectivity index (χ1n) is 5.95.